The zero-order valence-electron chi connectivity index (χ0n) is 49.7. The van der Waals surface area contributed by atoms with Crippen LogP contribution in [0.2, 0.25) is 0 Å². The zero-order valence-corrected chi connectivity index (χ0v) is 49.7. The maximum Gasteiger partial charge on any atom is 0.326 e. The van der Waals surface area contributed by atoms with Gasteiger partial charge in [0.2, 0.25) is 23.8 Å². The van der Waals surface area contributed by atoms with Gasteiger partial charge in [0.1, 0.15) is 17.9 Å². The molecule has 2 saturated heterocycles. The molecular formula is C56H90N14O16. The summed E-state index contributed by atoms with van der Waals surface area (Å²) in [5, 5.41) is 77.7. The van der Waals surface area contributed by atoms with Gasteiger partial charge in [-0.05, 0) is 69.2 Å². The van der Waals surface area contributed by atoms with E-state index < -0.39 is 72.5 Å². The first kappa shape index (κ1) is 71.1. The minimum atomic E-state index is -1.86. The molecule has 2 aliphatic heterocycles. The topological polar surface area (TPSA) is 405 Å². The third kappa shape index (κ3) is 27.8. The quantitative estimate of drug-likeness (QED) is 0.0324. The van der Waals surface area contributed by atoms with E-state index >= 15 is 0 Å². The second kappa shape index (κ2) is 37.9. The van der Waals surface area contributed by atoms with Gasteiger partial charge in [0.05, 0.1) is 32.8 Å². The third-order valence-electron chi connectivity index (χ3n) is 15.0. The monoisotopic (exact) mass is 1210 g/mol. The summed E-state index contributed by atoms with van der Waals surface area (Å²) in [6.07, 6.45) is 9.22. The molecule has 30 heteroatoms. The van der Waals surface area contributed by atoms with Crippen molar-refractivity contribution < 1.29 is 78.9 Å². The van der Waals surface area contributed by atoms with E-state index in [2.05, 4.69) is 36.1 Å². The van der Waals surface area contributed by atoms with Gasteiger partial charge in [0, 0.05) is 117 Å². The van der Waals surface area contributed by atoms with Crippen LogP contribution in [0.1, 0.15) is 95.5 Å². The Morgan fingerprint density at radius 2 is 1.20 bits per heavy atom. The van der Waals surface area contributed by atoms with Crippen molar-refractivity contribution in [2.24, 2.45) is 0 Å². The number of urea groups is 1. The molecule has 1 unspecified atom stereocenters. The predicted molar refractivity (Wildman–Crippen MR) is 316 cm³/mol. The Kier molecular flexibility index (Phi) is 31.4. The number of piperazine rings is 1. The number of anilines is 4. The van der Waals surface area contributed by atoms with Crippen molar-refractivity contribution >= 4 is 77.6 Å². The second-order valence-electron chi connectivity index (χ2n) is 22.2. The fraction of sp³-hybridized carbons (Fsp3) is 0.679. The second-order valence-corrected chi connectivity index (χ2v) is 22.2. The fourth-order valence-electron chi connectivity index (χ4n) is 10.2. The molecule has 4 rings (SSSR count). The Hall–Kier alpha value is -7.38. The summed E-state index contributed by atoms with van der Waals surface area (Å²) in [6.45, 7) is 3.62. The lowest BCUT2D eigenvalue weighted by molar-refractivity contribution is -0.142. The van der Waals surface area contributed by atoms with Crippen LogP contribution in [0.25, 0.3) is 0 Å². The van der Waals surface area contributed by atoms with Gasteiger partial charge in [0.25, 0.3) is 0 Å². The van der Waals surface area contributed by atoms with Crippen LogP contribution in [0, 0.1) is 0 Å². The summed E-state index contributed by atoms with van der Waals surface area (Å²) in [4.78, 5) is 134. The van der Waals surface area contributed by atoms with Crippen molar-refractivity contribution in [1.82, 2.24) is 55.4 Å². The molecule has 2 aromatic rings. The summed E-state index contributed by atoms with van der Waals surface area (Å²) < 4.78 is 0. The van der Waals surface area contributed by atoms with Crippen LogP contribution < -0.4 is 31.1 Å². The molecule has 86 heavy (non-hydrogen) atoms. The maximum atomic E-state index is 12.4. The highest BCUT2D eigenvalue weighted by atomic mass is 16.4. The summed E-state index contributed by atoms with van der Waals surface area (Å²) in [5.74, 6) is -5.57. The van der Waals surface area contributed by atoms with Gasteiger partial charge in [-0.25, -0.2) is 9.59 Å². The Morgan fingerprint density at radius 3 is 1.76 bits per heavy atom. The van der Waals surface area contributed by atoms with E-state index in [0.717, 1.165) is 89.7 Å². The van der Waals surface area contributed by atoms with Crippen molar-refractivity contribution in [3.63, 3.8) is 0 Å². The lowest BCUT2D eigenvalue weighted by Gasteiger charge is -2.37. The molecule has 2 aliphatic rings. The standard InChI is InChI=1S/C56H90N14O16/c1-64(2)53-60-52(58-42-17-15-41(16-18-42)33-43-34-68(37-49(80)81)26-25-66(35-47(76)77)23-24-67(36-48(78)79)29-32-70(43)38-50(82)83)61-54(62-53)69-30-27-65(28-31-69)22-12-8-6-4-3-5-7-9-14-45(73)57-21-11-10-13-44(51(84)85)59-55(86)63-56(39-71,40-72)20-19-46(74)75/h15-18,39,43-44,72H,3-14,19-38,40H2,1-2H3,(H,57,73)(H,74,75)(H,76,77)(H,78,79)(H,80,81)(H,82,83)(H,84,85)(H2,59,63,86)(H,58,60,61,62)/t43?,44-,56-/m0/s1. The average Bonchev–Trinajstić information content (AvgIpc) is 2.14. The number of hydrogen-bond donors (Lipinski definition) is 11. The van der Waals surface area contributed by atoms with Crippen molar-refractivity contribution in [2.45, 2.75) is 114 Å². The highest BCUT2D eigenvalue weighted by Crippen LogP contribution is 2.23. The van der Waals surface area contributed by atoms with Gasteiger partial charge in [-0.1, -0.05) is 50.7 Å². The Morgan fingerprint density at radius 1 is 0.640 bits per heavy atom. The van der Waals surface area contributed by atoms with Crippen LogP contribution in [0.4, 0.5) is 28.3 Å². The largest absolute Gasteiger partial charge is 0.481 e. The Bertz CT molecular complexity index is 2490. The van der Waals surface area contributed by atoms with Crippen molar-refractivity contribution in [3.8, 4) is 0 Å². The van der Waals surface area contributed by atoms with Crippen molar-refractivity contribution in [3.05, 3.63) is 29.8 Å². The lowest BCUT2D eigenvalue weighted by atomic mass is 9.96. The smallest absolute Gasteiger partial charge is 0.326 e. The highest BCUT2D eigenvalue weighted by molar-refractivity contribution is 5.85. The van der Waals surface area contributed by atoms with Gasteiger partial charge in [-0.15, -0.1) is 0 Å². The number of aliphatic carboxylic acids is 6. The molecule has 1 aromatic heterocycles. The van der Waals surface area contributed by atoms with Crippen LogP contribution >= 0.6 is 0 Å². The van der Waals surface area contributed by atoms with Gasteiger partial charge in [-0.3, -0.25) is 53.3 Å². The number of aliphatic hydroxyl groups is 1. The first-order valence-electron chi connectivity index (χ1n) is 29.5. The summed E-state index contributed by atoms with van der Waals surface area (Å²) in [7, 11) is 3.71. The Labute approximate surface area is 501 Å². The molecule has 3 heterocycles. The number of carbonyl (C=O) groups excluding carboxylic acids is 3. The number of unbranched alkanes of at least 4 members (excludes halogenated alkanes) is 8. The zero-order chi connectivity index (χ0) is 63.0. The van der Waals surface area contributed by atoms with Crippen LogP contribution in [-0.4, -0.2) is 279 Å². The first-order chi connectivity index (χ1) is 41.0. The third-order valence-corrected chi connectivity index (χ3v) is 15.0. The molecule has 30 nitrogen and oxygen atoms in total. The van der Waals surface area contributed by atoms with E-state index in [0.29, 0.717) is 55.8 Å². The van der Waals surface area contributed by atoms with Gasteiger partial charge >= 0.3 is 41.8 Å². The number of rotatable bonds is 38. The van der Waals surface area contributed by atoms with Gasteiger partial charge in [0.15, 0.2) is 0 Å². The summed E-state index contributed by atoms with van der Waals surface area (Å²) in [6, 6.07) is 4.64. The molecule has 3 atom stereocenters. The highest BCUT2D eigenvalue weighted by Gasteiger charge is 2.34. The number of hydrogen-bond acceptors (Lipinski definition) is 21. The van der Waals surface area contributed by atoms with E-state index in [1.165, 1.54) is 0 Å². The van der Waals surface area contributed by atoms with Crippen molar-refractivity contribution in [2.75, 3.05) is 147 Å². The van der Waals surface area contributed by atoms with Crippen LogP contribution in [-0.2, 0) is 44.8 Å². The number of benzene rings is 1. The number of aliphatic hydroxyl groups excluding tert-OH is 1. The number of amides is 3. The minimum Gasteiger partial charge on any atom is -0.481 e. The van der Waals surface area contributed by atoms with E-state index in [1.807, 2.05) is 43.3 Å². The molecule has 2 fully saturated rings. The predicted octanol–water partition coefficient (Wildman–Crippen LogP) is 0.619. The Balaban J connectivity index is 1.17. The number of aromatic nitrogens is 3. The van der Waals surface area contributed by atoms with E-state index in [1.54, 1.807) is 19.6 Å². The number of carboxylic acids is 6. The van der Waals surface area contributed by atoms with E-state index in [4.69, 9.17) is 15.1 Å². The lowest BCUT2D eigenvalue weighted by Crippen LogP contribution is -2.58. The molecule has 0 spiro atoms. The molecule has 11 N–H and O–H groups in total. The SMILES string of the molecule is CN(C)c1nc(Nc2ccc(CC3CN(CC(=O)O)CCN(CC(=O)O)CCN(CC(=O)O)CCN3CC(=O)O)cc2)nc(N2CCN(CCCCCCCCCCC(=O)NCCCC[C@H](NC(=O)N[C@@](C=O)(CO)CCC(=O)O)C(=O)O)CC2)n1. The van der Waals surface area contributed by atoms with Crippen LogP contribution in [0.15, 0.2) is 24.3 Å². The number of aldehydes is 1. The number of carbonyl (C=O) groups is 9. The van der Waals surface area contributed by atoms with E-state index in [-0.39, 0.29) is 97.0 Å². The number of nitrogens with one attached hydrogen (secondary N) is 4. The first-order valence-corrected chi connectivity index (χ1v) is 29.5. The molecule has 1 aromatic carbocycles. The molecule has 3 amide bonds. The maximum absolute atomic E-state index is 12.4. The number of nitrogens with zero attached hydrogens (tertiary/aromatic N) is 10. The summed E-state index contributed by atoms with van der Waals surface area (Å²) >= 11 is 0. The van der Waals surface area contributed by atoms with Gasteiger partial charge in [-0.2, -0.15) is 15.0 Å². The average molecular weight is 1220 g/mol. The van der Waals surface area contributed by atoms with Crippen molar-refractivity contribution in [1.29, 1.82) is 0 Å². The molecular weight excluding hydrogens is 1120 g/mol. The normalized spacial score (nSPS) is 17.2. The molecule has 480 valence electrons. The number of carboxylic acid groups (broad SMARTS) is 6. The van der Waals surface area contributed by atoms with Crippen LogP contribution in [0.5, 0.6) is 0 Å². The van der Waals surface area contributed by atoms with Crippen LogP contribution in [0.3, 0.4) is 0 Å². The summed E-state index contributed by atoms with van der Waals surface area (Å²) in [5.41, 5.74) is -0.347. The van der Waals surface area contributed by atoms with Gasteiger partial charge < -0.3 is 71.6 Å². The molecule has 0 bridgehead atoms. The fourth-order valence-corrected chi connectivity index (χ4v) is 10.2. The minimum absolute atomic E-state index is 0.0446. The molecule has 0 radical (unpaired) electrons. The van der Waals surface area contributed by atoms with E-state index in [9.17, 15) is 73.8 Å². The molecule has 0 aliphatic carbocycles. The molecule has 0 saturated carbocycles.